The van der Waals surface area contributed by atoms with Gasteiger partial charge in [-0.2, -0.15) is 0 Å². The molecule has 1 aromatic heterocycles. The summed E-state index contributed by atoms with van der Waals surface area (Å²) in [4.78, 5) is 3.62. The number of pyridine rings is 1. The van der Waals surface area contributed by atoms with Gasteiger partial charge in [-0.05, 0) is 12.6 Å². The van der Waals surface area contributed by atoms with Gasteiger partial charge in [-0.15, -0.1) is 0 Å². The Hall–Kier alpha value is -0.740. The SMILES string of the molecule is NCCC(F)(F)c1ccncc1Cl. The summed E-state index contributed by atoms with van der Waals surface area (Å²) in [5.74, 6) is -2.96. The fourth-order valence-corrected chi connectivity index (χ4v) is 1.25. The van der Waals surface area contributed by atoms with Gasteiger partial charge in [-0.25, -0.2) is 8.78 Å². The van der Waals surface area contributed by atoms with Crippen molar-refractivity contribution in [1.82, 2.24) is 4.98 Å². The lowest BCUT2D eigenvalue weighted by molar-refractivity contribution is -0.0106. The number of alkyl halides is 2. The van der Waals surface area contributed by atoms with Crippen LogP contribution in [-0.2, 0) is 5.92 Å². The molecule has 13 heavy (non-hydrogen) atoms. The first-order valence-corrected chi connectivity index (χ1v) is 4.13. The molecular weight excluding hydrogens is 198 g/mol. The molecule has 0 atom stereocenters. The van der Waals surface area contributed by atoms with Crippen molar-refractivity contribution in [3.05, 3.63) is 29.0 Å². The molecule has 0 fully saturated rings. The Morgan fingerprint density at radius 1 is 1.54 bits per heavy atom. The van der Waals surface area contributed by atoms with Crippen LogP contribution in [0.3, 0.4) is 0 Å². The lowest BCUT2D eigenvalue weighted by Crippen LogP contribution is -2.19. The highest BCUT2D eigenvalue weighted by molar-refractivity contribution is 6.31. The van der Waals surface area contributed by atoms with Crippen molar-refractivity contribution in [3.8, 4) is 0 Å². The molecule has 0 radical (unpaired) electrons. The Bertz CT molecular complexity index is 291. The van der Waals surface area contributed by atoms with Gasteiger partial charge < -0.3 is 5.73 Å². The zero-order valence-electron chi connectivity index (χ0n) is 6.80. The lowest BCUT2D eigenvalue weighted by Gasteiger charge is -2.16. The third-order valence-electron chi connectivity index (χ3n) is 1.62. The minimum atomic E-state index is -2.96. The molecule has 0 bridgehead atoms. The smallest absolute Gasteiger partial charge is 0.276 e. The molecule has 0 aliphatic heterocycles. The van der Waals surface area contributed by atoms with Crippen molar-refractivity contribution >= 4 is 11.6 Å². The summed E-state index contributed by atoms with van der Waals surface area (Å²) in [6.45, 7) is -0.0777. The minimum Gasteiger partial charge on any atom is -0.330 e. The van der Waals surface area contributed by atoms with Gasteiger partial charge in [0.2, 0.25) is 0 Å². The van der Waals surface area contributed by atoms with Crippen LogP contribution in [0.4, 0.5) is 8.78 Å². The van der Waals surface area contributed by atoms with E-state index in [1.54, 1.807) is 0 Å². The number of hydrogen-bond donors (Lipinski definition) is 1. The van der Waals surface area contributed by atoms with E-state index >= 15 is 0 Å². The van der Waals surface area contributed by atoms with Crippen molar-refractivity contribution in [1.29, 1.82) is 0 Å². The molecule has 0 unspecified atom stereocenters. The van der Waals surface area contributed by atoms with Crippen LogP contribution >= 0.6 is 11.6 Å². The van der Waals surface area contributed by atoms with E-state index in [4.69, 9.17) is 17.3 Å². The predicted molar refractivity (Wildman–Crippen MR) is 46.8 cm³/mol. The maximum atomic E-state index is 13.2. The van der Waals surface area contributed by atoms with Crippen LogP contribution in [0.1, 0.15) is 12.0 Å². The number of nitrogens with zero attached hydrogens (tertiary/aromatic N) is 1. The number of halogens is 3. The monoisotopic (exact) mass is 206 g/mol. The first kappa shape index (κ1) is 10.3. The third-order valence-corrected chi connectivity index (χ3v) is 1.93. The van der Waals surface area contributed by atoms with Gasteiger partial charge in [-0.3, -0.25) is 4.98 Å². The second kappa shape index (κ2) is 3.98. The average molecular weight is 207 g/mol. The number of aromatic nitrogens is 1. The summed E-state index contributed by atoms with van der Waals surface area (Å²) in [5, 5.41) is -0.0269. The quantitative estimate of drug-likeness (QED) is 0.823. The van der Waals surface area contributed by atoms with Gasteiger partial charge in [-0.1, -0.05) is 11.6 Å². The zero-order valence-corrected chi connectivity index (χ0v) is 7.56. The highest BCUT2D eigenvalue weighted by Crippen LogP contribution is 2.34. The molecule has 1 heterocycles. The van der Waals surface area contributed by atoms with Gasteiger partial charge in [0.15, 0.2) is 0 Å². The molecule has 2 nitrogen and oxygen atoms in total. The maximum Gasteiger partial charge on any atom is 0.276 e. The summed E-state index contributed by atoms with van der Waals surface area (Å²) in [5.41, 5.74) is 4.85. The minimum absolute atomic E-state index is 0.0269. The van der Waals surface area contributed by atoms with Crippen molar-refractivity contribution in [2.45, 2.75) is 12.3 Å². The van der Waals surface area contributed by atoms with Crippen LogP contribution in [0.25, 0.3) is 0 Å². The van der Waals surface area contributed by atoms with Crippen LogP contribution in [0.2, 0.25) is 5.02 Å². The average Bonchev–Trinajstić information content (AvgIpc) is 2.04. The van der Waals surface area contributed by atoms with E-state index in [-0.39, 0.29) is 17.1 Å². The summed E-state index contributed by atoms with van der Waals surface area (Å²) >= 11 is 5.56. The number of hydrogen-bond acceptors (Lipinski definition) is 2. The highest BCUT2D eigenvalue weighted by atomic mass is 35.5. The van der Waals surface area contributed by atoms with Crippen LogP contribution < -0.4 is 5.73 Å². The summed E-state index contributed by atoms with van der Waals surface area (Å²) in [6, 6.07) is 1.21. The fraction of sp³-hybridized carbons (Fsp3) is 0.375. The van der Waals surface area contributed by atoms with Gasteiger partial charge in [0, 0.05) is 24.4 Å². The lowest BCUT2D eigenvalue weighted by atomic mass is 10.1. The summed E-state index contributed by atoms with van der Waals surface area (Å²) in [6.07, 6.45) is 2.07. The highest BCUT2D eigenvalue weighted by Gasteiger charge is 2.32. The molecule has 0 saturated carbocycles. The second-order valence-electron chi connectivity index (χ2n) is 2.60. The standard InChI is InChI=1S/C8H9ClF2N2/c9-7-5-13-4-1-6(7)8(10,11)2-3-12/h1,4-5H,2-3,12H2. The number of nitrogens with two attached hydrogens (primary N) is 1. The predicted octanol–water partition coefficient (Wildman–Crippen LogP) is 2.18. The van der Waals surface area contributed by atoms with Gasteiger partial charge in [0.1, 0.15) is 0 Å². The Morgan fingerprint density at radius 3 is 2.77 bits per heavy atom. The Morgan fingerprint density at radius 2 is 2.23 bits per heavy atom. The molecule has 0 aromatic carbocycles. The molecule has 5 heteroatoms. The molecule has 0 spiro atoms. The molecule has 1 rings (SSSR count). The van der Waals surface area contributed by atoms with Crippen molar-refractivity contribution in [3.63, 3.8) is 0 Å². The Kier molecular flexibility index (Phi) is 3.17. The Labute approximate surface area is 79.7 Å². The topological polar surface area (TPSA) is 38.9 Å². The zero-order chi connectivity index (χ0) is 9.90. The van der Waals surface area contributed by atoms with E-state index in [0.717, 1.165) is 0 Å². The van der Waals surface area contributed by atoms with Gasteiger partial charge >= 0.3 is 0 Å². The molecule has 0 aliphatic rings. The normalized spacial score (nSPS) is 11.7. The van der Waals surface area contributed by atoms with E-state index in [9.17, 15) is 8.78 Å². The summed E-state index contributed by atoms with van der Waals surface area (Å²) in [7, 11) is 0. The van der Waals surface area contributed by atoms with E-state index in [2.05, 4.69) is 4.98 Å². The number of rotatable bonds is 3. The van der Waals surface area contributed by atoms with Gasteiger partial charge in [0.05, 0.1) is 5.02 Å². The molecule has 1 aromatic rings. The second-order valence-corrected chi connectivity index (χ2v) is 3.01. The van der Waals surface area contributed by atoms with Crippen molar-refractivity contribution in [2.75, 3.05) is 6.54 Å². The molecule has 2 N–H and O–H groups in total. The molecule has 72 valence electrons. The van der Waals surface area contributed by atoms with E-state index < -0.39 is 12.3 Å². The van der Waals surface area contributed by atoms with Crippen LogP contribution in [0.15, 0.2) is 18.5 Å². The van der Waals surface area contributed by atoms with Crippen LogP contribution in [0, 0.1) is 0 Å². The Balaban J connectivity index is 2.99. The molecule has 0 aliphatic carbocycles. The van der Waals surface area contributed by atoms with Crippen LogP contribution in [0.5, 0.6) is 0 Å². The van der Waals surface area contributed by atoms with E-state index in [1.165, 1.54) is 18.5 Å². The fourth-order valence-electron chi connectivity index (χ4n) is 0.988. The van der Waals surface area contributed by atoms with E-state index in [1.807, 2.05) is 0 Å². The molecule has 0 amide bonds. The molecular formula is C8H9ClF2N2. The van der Waals surface area contributed by atoms with Crippen molar-refractivity contribution < 1.29 is 8.78 Å². The van der Waals surface area contributed by atoms with Crippen LogP contribution in [-0.4, -0.2) is 11.5 Å². The third kappa shape index (κ3) is 2.35. The molecule has 0 saturated heterocycles. The van der Waals surface area contributed by atoms with Crippen molar-refractivity contribution in [2.24, 2.45) is 5.73 Å². The largest absolute Gasteiger partial charge is 0.330 e. The first-order valence-electron chi connectivity index (χ1n) is 3.76. The van der Waals surface area contributed by atoms with E-state index in [0.29, 0.717) is 0 Å². The summed E-state index contributed by atoms with van der Waals surface area (Å²) < 4.78 is 26.4. The van der Waals surface area contributed by atoms with Gasteiger partial charge in [0.25, 0.3) is 5.92 Å². The maximum absolute atomic E-state index is 13.2. The first-order chi connectivity index (χ1) is 6.08.